The summed E-state index contributed by atoms with van der Waals surface area (Å²) in [6.07, 6.45) is 1.50. The van der Waals surface area contributed by atoms with Crippen LogP contribution in [0.2, 0.25) is 0 Å². The predicted octanol–water partition coefficient (Wildman–Crippen LogP) is 5.14. The molecule has 0 saturated carbocycles. The Labute approximate surface area is 191 Å². The Morgan fingerprint density at radius 1 is 0.788 bits per heavy atom. The minimum atomic E-state index is -0.478. The molecule has 0 atom stereocenters. The summed E-state index contributed by atoms with van der Waals surface area (Å²) < 4.78 is 17.1. The normalized spacial score (nSPS) is 12.8. The molecule has 0 bridgehead atoms. The minimum absolute atomic E-state index is 0.210. The Kier molecular flexibility index (Phi) is 6.31. The molecule has 7 heteroatoms. The van der Waals surface area contributed by atoms with Crippen molar-refractivity contribution in [3.8, 4) is 17.2 Å². The molecule has 2 amide bonds. The lowest BCUT2D eigenvalue weighted by Crippen LogP contribution is -2.29. The molecule has 0 N–H and O–H groups in total. The zero-order chi connectivity index (χ0) is 23.5. The van der Waals surface area contributed by atoms with E-state index in [9.17, 15) is 14.4 Å². The number of benzene rings is 3. The summed E-state index contributed by atoms with van der Waals surface area (Å²) in [5.74, 6) is -0.299. The molecule has 0 aliphatic carbocycles. The van der Waals surface area contributed by atoms with Gasteiger partial charge in [0.1, 0.15) is 17.2 Å². The molecule has 0 spiro atoms. The van der Waals surface area contributed by atoms with Crippen LogP contribution in [0.1, 0.15) is 54.3 Å². The zero-order valence-corrected chi connectivity index (χ0v) is 18.8. The Hall–Kier alpha value is -3.87. The number of carbonyl (C=O) groups is 3. The van der Waals surface area contributed by atoms with Gasteiger partial charge in [0.05, 0.1) is 30.0 Å². The van der Waals surface area contributed by atoms with E-state index in [0.717, 1.165) is 28.5 Å². The van der Waals surface area contributed by atoms with E-state index >= 15 is 0 Å². The highest BCUT2D eigenvalue weighted by Gasteiger charge is 2.43. The number of esters is 1. The van der Waals surface area contributed by atoms with Crippen molar-refractivity contribution >= 4 is 34.2 Å². The fourth-order valence-electron chi connectivity index (χ4n) is 3.87. The first-order valence-electron chi connectivity index (χ1n) is 11.0. The average Bonchev–Trinajstić information content (AvgIpc) is 3.06. The highest BCUT2D eigenvalue weighted by Crippen LogP contribution is 2.46. The Balaban J connectivity index is 1.89. The van der Waals surface area contributed by atoms with Crippen molar-refractivity contribution in [1.82, 2.24) is 0 Å². The quantitative estimate of drug-likeness (QED) is 0.270. The first-order chi connectivity index (χ1) is 16.0. The number of ether oxygens (including phenoxy) is 3. The Morgan fingerprint density at radius 2 is 1.27 bits per heavy atom. The Bertz CT molecular complexity index is 1170. The van der Waals surface area contributed by atoms with Gasteiger partial charge >= 0.3 is 5.97 Å². The number of hydrogen-bond acceptors (Lipinski definition) is 6. The largest absolute Gasteiger partial charge is 0.492 e. The van der Waals surface area contributed by atoms with Crippen LogP contribution >= 0.6 is 0 Å². The predicted molar refractivity (Wildman–Crippen MR) is 124 cm³/mol. The highest BCUT2D eigenvalue weighted by atomic mass is 16.5. The number of nitrogens with zero attached hydrogens (tertiary/aromatic N) is 1. The molecule has 1 heterocycles. The summed E-state index contributed by atoms with van der Waals surface area (Å²) in [5.41, 5.74) is 0.786. The van der Waals surface area contributed by atoms with Crippen molar-refractivity contribution in [3.63, 3.8) is 0 Å². The second kappa shape index (κ2) is 9.32. The molecule has 0 radical (unpaired) electrons. The van der Waals surface area contributed by atoms with Crippen LogP contribution in [0.4, 0.5) is 5.69 Å². The van der Waals surface area contributed by atoms with Gasteiger partial charge in [-0.1, -0.05) is 38.1 Å². The summed E-state index contributed by atoms with van der Waals surface area (Å²) in [4.78, 5) is 39.5. The maximum Gasteiger partial charge on any atom is 0.308 e. The minimum Gasteiger partial charge on any atom is -0.492 e. The number of imide groups is 1. The third-order valence-electron chi connectivity index (χ3n) is 5.21. The lowest BCUT2D eigenvalue weighted by atomic mass is 9.99. The molecular weight excluding hydrogens is 422 g/mol. The van der Waals surface area contributed by atoms with E-state index in [2.05, 4.69) is 0 Å². The second-order valence-electron chi connectivity index (χ2n) is 7.68. The smallest absolute Gasteiger partial charge is 0.308 e. The number of amides is 2. The van der Waals surface area contributed by atoms with Crippen LogP contribution in [-0.2, 0) is 4.79 Å². The number of anilines is 1. The molecule has 1 aliphatic rings. The van der Waals surface area contributed by atoms with Gasteiger partial charge in [-0.05, 0) is 37.1 Å². The molecule has 1 aliphatic heterocycles. The summed E-state index contributed by atoms with van der Waals surface area (Å²) >= 11 is 0. The van der Waals surface area contributed by atoms with Crippen LogP contribution in [0, 0.1) is 0 Å². The number of carbonyl (C=O) groups excluding carboxylic acids is 3. The molecule has 0 fully saturated rings. The van der Waals surface area contributed by atoms with Crippen LogP contribution in [-0.4, -0.2) is 31.0 Å². The summed E-state index contributed by atoms with van der Waals surface area (Å²) in [6.45, 7) is 6.07. The van der Waals surface area contributed by atoms with Gasteiger partial charge in [0, 0.05) is 17.7 Å². The molecule has 0 aromatic heterocycles. The monoisotopic (exact) mass is 447 g/mol. The molecule has 7 nitrogen and oxygen atoms in total. The number of rotatable bonds is 8. The van der Waals surface area contributed by atoms with Crippen molar-refractivity contribution in [2.24, 2.45) is 0 Å². The molecule has 3 aromatic rings. The first-order valence-corrected chi connectivity index (χ1v) is 11.0. The van der Waals surface area contributed by atoms with E-state index in [1.54, 1.807) is 24.3 Å². The van der Waals surface area contributed by atoms with Gasteiger partial charge in [0.15, 0.2) is 0 Å². The van der Waals surface area contributed by atoms with Crippen molar-refractivity contribution in [2.75, 3.05) is 18.1 Å². The van der Waals surface area contributed by atoms with Crippen molar-refractivity contribution in [3.05, 3.63) is 59.7 Å². The van der Waals surface area contributed by atoms with E-state index in [1.807, 2.05) is 38.1 Å². The standard InChI is InChI=1S/C26H25NO6/c1-4-14-31-23-19-8-6-7-9-20(19)24(32-15-5-2)22-21(23)25(29)27(26(22)30)17-10-12-18(13-11-17)33-16(3)28/h6-13H,4-5,14-15H2,1-3H3. The lowest BCUT2D eigenvalue weighted by Gasteiger charge is -2.16. The summed E-state index contributed by atoms with van der Waals surface area (Å²) in [5, 5.41) is 1.45. The molecule has 170 valence electrons. The van der Waals surface area contributed by atoms with Gasteiger partial charge in [-0.2, -0.15) is 0 Å². The number of hydrogen-bond donors (Lipinski definition) is 0. The van der Waals surface area contributed by atoms with Gasteiger partial charge in [-0.15, -0.1) is 0 Å². The van der Waals surface area contributed by atoms with Crippen LogP contribution in [0.5, 0.6) is 17.2 Å². The molecular formula is C26H25NO6. The van der Waals surface area contributed by atoms with Gasteiger partial charge in [-0.3, -0.25) is 14.4 Å². The molecule has 0 unspecified atom stereocenters. The van der Waals surface area contributed by atoms with E-state index < -0.39 is 17.8 Å². The van der Waals surface area contributed by atoms with Crippen molar-refractivity contribution in [2.45, 2.75) is 33.6 Å². The number of fused-ring (bicyclic) bond motifs is 2. The van der Waals surface area contributed by atoms with Gasteiger partial charge in [0.2, 0.25) is 0 Å². The van der Waals surface area contributed by atoms with Crippen molar-refractivity contribution < 1.29 is 28.6 Å². The third kappa shape index (κ3) is 4.02. The Morgan fingerprint density at radius 3 is 1.70 bits per heavy atom. The van der Waals surface area contributed by atoms with Crippen LogP contribution in [0.3, 0.4) is 0 Å². The summed E-state index contributed by atoms with van der Waals surface area (Å²) in [6, 6.07) is 13.7. The SMILES string of the molecule is CCCOc1c2c(c(OCCC)c3ccccc13)C(=O)N(c1ccc(OC(C)=O)cc1)C2=O. The van der Waals surface area contributed by atoms with Crippen LogP contribution in [0.15, 0.2) is 48.5 Å². The van der Waals surface area contributed by atoms with Gasteiger partial charge in [0.25, 0.3) is 11.8 Å². The fraction of sp³-hybridized carbons (Fsp3) is 0.269. The first kappa shape index (κ1) is 22.3. The molecule has 0 saturated heterocycles. The summed E-state index contributed by atoms with van der Waals surface area (Å²) in [7, 11) is 0. The lowest BCUT2D eigenvalue weighted by molar-refractivity contribution is -0.131. The van der Waals surface area contributed by atoms with Gasteiger partial charge < -0.3 is 14.2 Å². The maximum absolute atomic E-state index is 13.6. The zero-order valence-electron chi connectivity index (χ0n) is 18.8. The highest BCUT2D eigenvalue weighted by molar-refractivity contribution is 6.38. The third-order valence-corrected chi connectivity index (χ3v) is 5.21. The van der Waals surface area contributed by atoms with E-state index in [4.69, 9.17) is 14.2 Å². The second-order valence-corrected chi connectivity index (χ2v) is 7.68. The molecule has 3 aromatic carbocycles. The molecule has 4 rings (SSSR count). The van der Waals surface area contributed by atoms with Crippen molar-refractivity contribution in [1.29, 1.82) is 0 Å². The van der Waals surface area contributed by atoms with Gasteiger partial charge in [-0.25, -0.2) is 4.90 Å². The topological polar surface area (TPSA) is 82.1 Å². The van der Waals surface area contributed by atoms with E-state index in [-0.39, 0.29) is 11.1 Å². The average molecular weight is 447 g/mol. The van der Waals surface area contributed by atoms with E-state index in [1.165, 1.54) is 6.92 Å². The van der Waals surface area contributed by atoms with Crippen LogP contribution in [0.25, 0.3) is 10.8 Å². The maximum atomic E-state index is 13.6. The van der Waals surface area contributed by atoms with Crippen LogP contribution < -0.4 is 19.1 Å². The fourth-order valence-corrected chi connectivity index (χ4v) is 3.87. The molecule has 33 heavy (non-hydrogen) atoms. The van der Waals surface area contributed by atoms with E-state index in [0.29, 0.717) is 36.1 Å².